The molecule has 1 saturated heterocycles. The van der Waals surface area contributed by atoms with Crippen molar-refractivity contribution in [3.8, 4) is 0 Å². The van der Waals surface area contributed by atoms with Gasteiger partial charge < -0.3 is 9.47 Å². The minimum absolute atomic E-state index is 0.198. The van der Waals surface area contributed by atoms with Gasteiger partial charge in [0.05, 0.1) is 12.2 Å². The van der Waals surface area contributed by atoms with Gasteiger partial charge in [-0.1, -0.05) is 42.4 Å². The topological polar surface area (TPSA) is 18.5 Å². The molecule has 3 heteroatoms. The van der Waals surface area contributed by atoms with E-state index in [1.54, 1.807) is 0 Å². The number of alkyl halides is 1. The molecule has 1 aliphatic heterocycles. The first-order valence-corrected chi connectivity index (χ1v) is 9.58. The first kappa shape index (κ1) is 16.0. The predicted octanol–water partition coefficient (Wildman–Crippen LogP) is 4.59. The maximum absolute atomic E-state index is 6.42. The summed E-state index contributed by atoms with van der Waals surface area (Å²) in [7, 11) is 0. The summed E-state index contributed by atoms with van der Waals surface area (Å²) in [6.07, 6.45) is 10.5. The van der Waals surface area contributed by atoms with Gasteiger partial charge in [-0.15, -0.1) is 0 Å². The van der Waals surface area contributed by atoms with Gasteiger partial charge in [-0.3, -0.25) is 0 Å². The van der Waals surface area contributed by atoms with Crippen LogP contribution in [0.2, 0.25) is 0 Å². The standard InChI is InChI=1S/C16H29IO2/c1-2-3-14-4-8-16(13-17,9-5-14)19-12-15-6-10-18-11-7-15/h14-15H,2-13H2,1H3. The van der Waals surface area contributed by atoms with Gasteiger partial charge in [0.15, 0.2) is 0 Å². The summed E-state index contributed by atoms with van der Waals surface area (Å²) >= 11 is 2.53. The van der Waals surface area contributed by atoms with Gasteiger partial charge in [0, 0.05) is 17.6 Å². The van der Waals surface area contributed by atoms with E-state index in [2.05, 4.69) is 29.5 Å². The van der Waals surface area contributed by atoms with Crippen LogP contribution in [0.1, 0.15) is 58.3 Å². The van der Waals surface area contributed by atoms with Crippen LogP contribution in [0.25, 0.3) is 0 Å². The van der Waals surface area contributed by atoms with Crippen LogP contribution in [0, 0.1) is 11.8 Å². The van der Waals surface area contributed by atoms with Gasteiger partial charge in [0.25, 0.3) is 0 Å². The highest BCUT2D eigenvalue weighted by Gasteiger charge is 2.35. The molecule has 0 atom stereocenters. The van der Waals surface area contributed by atoms with Crippen molar-refractivity contribution in [1.29, 1.82) is 0 Å². The zero-order valence-electron chi connectivity index (χ0n) is 12.3. The van der Waals surface area contributed by atoms with Crippen LogP contribution in [0.15, 0.2) is 0 Å². The summed E-state index contributed by atoms with van der Waals surface area (Å²) in [5.74, 6) is 1.70. The average molecular weight is 380 g/mol. The molecule has 1 saturated carbocycles. The minimum atomic E-state index is 0.198. The van der Waals surface area contributed by atoms with E-state index in [0.717, 1.165) is 36.1 Å². The van der Waals surface area contributed by atoms with E-state index in [0.29, 0.717) is 0 Å². The molecule has 1 heterocycles. The quantitative estimate of drug-likeness (QED) is 0.496. The molecule has 0 spiro atoms. The van der Waals surface area contributed by atoms with Crippen LogP contribution in [-0.4, -0.2) is 29.8 Å². The fourth-order valence-electron chi connectivity index (χ4n) is 3.42. The van der Waals surface area contributed by atoms with Crippen molar-refractivity contribution in [3.05, 3.63) is 0 Å². The average Bonchev–Trinajstić information content (AvgIpc) is 2.48. The molecule has 19 heavy (non-hydrogen) atoms. The summed E-state index contributed by atoms with van der Waals surface area (Å²) in [5.41, 5.74) is 0.198. The fraction of sp³-hybridized carbons (Fsp3) is 1.00. The van der Waals surface area contributed by atoms with Crippen LogP contribution in [0.4, 0.5) is 0 Å². The van der Waals surface area contributed by atoms with Gasteiger partial charge in [0.1, 0.15) is 0 Å². The van der Waals surface area contributed by atoms with Crippen LogP contribution in [0.3, 0.4) is 0 Å². The molecule has 1 aliphatic carbocycles. The summed E-state index contributed by atoms with van der Waals surface area (Å²) in [6, 6.07) is 0. The lowest BCUT2D eigenvalue weighted by Gasteiger charge is -2.40. The molecular formula is C16H29IO2. The number of hydrogen-bond acceptors (Lipinski definition) is 2. The molecule has 0 radical (unpaired) electrons. The molecule has 2 nitrogen and oxygen atoms in total. The van der Waals surface area contributed by atoms with Gasteiger partial charge in [-0.05, 0) is 50.4 Å². The van der Waals surface area contributed by atoms with E-state index in [1.165, 1.54) is 51.4 Å². The number of rotatable bonds is 6. The number of halogens is 1. The summed E-state index contributed by atoms with van der Waals surface area (Å²) < 4.78 is 13.0. The number of ether oxygens (including phenoxy) is 2. The molecule has 0 amide bonds. The van der Waals surface area contributed by atoms with Crippen molar-refractivity contribution < 1.29 is 9.47 Å². The third-order valence-electron chi connectivity index (χ3n) is 4.92. The molecule has 2 rings (SSSR count). The van der Waals surface area contributed by atoms with Crippen molar-refractivity contribution in [2.75, 3.05) is 24.2 Å². The highest BCUT2D eigenvalue weighted by atomic mass is 127. The largest absolute Gasteiger partial charge is 0.381 e. The Hall–Kier alpha value is 0.650. The third kappa shape index (κ3) is 4.85. The monoisotopic (exact) mass is 380 g/mol. The van der Waals surface area contributed by atoms with E-state index in [4.69, 9.17) is 9.47 Å². The second-order valence-electron chi connectivity index (χ2n) is 6.42. The Bertz CT molecular complexity index is 243. The molecular weight excluding hydrogens is 351 g/mol. The SMILES string of the molecule is CCCC1CCC(CI)(OCC2CCOCC2)CC1. The molecule has 2 fully saturated rings. The molecule has 0 N–H and O–H groups in total. The van der Waals surface area contributed by atoms with Gasteiger partial charge in [-0.25, -0.2) is 0 Å². The van der Waals surface area contributed by atoms with Crippen LogP contribution >= 0.6 is 22.6 Å². The Morgan fingerprint density at radius 3 is 2.37 bits per heavy atom. The minimum Gasteiger partial charge on any atom is -0.381 e. The van der Waals surface area contributed by atoms with Crippen molar-refractivity contribution in [1.82, 2.24) is 0 Å². The maximum Gasteiger partial charge on any atom is 0.0771 e. The predicted molar refractivity (Wildman–Crippen MR) is 88.0 cm³/mol. The van der Waals surface area contributed by atoms with E-state index >= 15 is 0 Å². The summed E-state index contributed by atoms with van der Waals surface area (Å²) in [6.45, 7) is 5.14. The van der Waals surface area contributed by atoms with Crippen LogP contribution < -0.4 is 0 Å². The first-order valence-electron chi connectivity index (χ1n) is 8.05. The molecule has 0 bridgehead atoms. The normalized spacial score (nSPS) is 33.5. The second kappa shape index (κ2) is 8.18. The zero-order valence-corrected chi connectivity index (χ0v) is 14.5. The lowest BCUT2D eigenvalue weighted by Crippen LogP contribution is -2.40. The summed E-state index contributed by atoms with van der Waals surface area (Å²) in [5, 5.41) is 0. The van der Waals surface area contributed by atoms with E-state index < -0.39 is 0 Å². The fourth-order valence-corrected chi connectivity index (χ4v) is 4.41. The molecule has 0 aromatic heterocycles. The first-order chi connectivity index (χ1) is 9.28. The van der Waals surface area contributed by atoms with Crippen molar-refractivity contribution in [3.63, 3.8) is 0 Å². The lowest BCUT2D eigenvalue weighted by molar-refractivity contribution is -0.0850. The van der Waals surface area contributed by atoms with Crippen LogP contribution in [0.5, 0.6) is 0 Å². The van der Waals surface area contributed by atoms with Gasteiger partial charge in [0.2, 0.25) is 0 Å². The highest BCUT2D eigenvalue weighted by Crippen LogP contribution is 2.38. The Kier molecular flexibility index (Phi) is 6.90. The number of hydrogen-bond donors (Lipinski definition) is 0. The molecule has 112 valence electrons. The van der Waals surface area contributed by atoms with E-state index in [-0.39, 0.29) is 5.60 Å². The van der Waals surface area contributed by atoms with Crippen molar-refractivity contribution in [2.24, 2.45) is 11.8 Å². The Labute approximate surface area is 132 Å². The van der Waals surface area contributed by atoms with E-state index in [1.807, 2.05) is 0 Å². The molecule has 2 aliphatic rings. The third-order valence-corrected chi connectivity index (χ3v) is 6.31. The summed E-state index contributed by atoms with van der Waals surface area (Å²) in [4.78, 5) is 0. The van der Waals surface area contributed by atoms with Gasteiger partial charge >= 0.3 is 0 Å². The molecule has 0 aromatic carbocycles. The Balaban J connectivity index is 1.75. The Morgan fingerprint density at radius 1 is 1.11 bits per heavy atom. The molecule has 0 aromatic rings. The second-order valence-corrected chi connectivity index (χ2v) is 7.18. The Morgan fingerprint density at radius 2 is 1.79 bits per heavy atom. The zero-order chi connectivity index (χ0) is 13.6. The maximum atomic E-state index is 6.42. The van der Waals surface area contributed by atoms with Gasteiger partial charge in [-0.2, -0.15) is 0 Å². The van der Waals surface area contributed by atoms with Crippen LogP contribution in [-0.2, 0) is 9.47 Å². The molecule has 0 unspecified atom stereocenters. The van der Waals surface area contributed by atoms with Crippen molar-refractivity contribution >= 4 is 22.6 Å². The highest BCUT2D eigenvalue weighted by molar-refractivity contribution is 14.1. The lowest BCUT2D eigenvalue weighted by atomic mass is 9.78. The van der Waals surface area contributed by atoms with Crippen molar-refractivity contribution in [2.45, 2.75) is 63.9 Å². The van der Waals surface area contributed by atoms with E-state index in [9.17, 15) is 0 Å². The smallest absolute Gasteiger partial charge is 0.0771 e.